The van der Waals surface area contributed by atoms with Gasteiger partial charge in [-0.15, -0.1) is 0 Å². The Labute approximate surface area is 179 Å². The number of hydrogen-bond acceptors (Lipinski definition) is 2. The van der Waals surface area contributed by atoms with E-state index in [0.717, 1.165) is 54.3 Å². The molecule has 1 aliphatic heterocycles. The molecule has 0 aromatic heterocycles. The van der Waals surface area contributed by atoms with Crippen molar-refractivity contribution >= 4 is 0 Å². The Bertz CT molecular complexity index is 616. The van der Waals surface area contributed by atoms with Gasteiger partial charge in [0.2, 0.25) is 0 Å². The molecule has 5 fully saturated rings. The maximum atomic E-state index is 10.3. The third-order valence-electron chi connectivity index (χ3n) is 11.3. The Morgan fingerprint density at radius 1 is 0.966 bits per heavy atom. The maximum absolute atomic E-state index is 10.3. The Kier molecular flexibility index (Phi) is 5.18. The number of hydrogen-bond donors (Lipinski definition) is 1. The predicted octanol–water partition coefficient (Wildman–Crippen LogP) is 6.46. The number of fused-ring (bicyclic) bond motifs is 7. The van der Waals surface area contributed by atoms with E-state index < -0.39 is 0 Å². The van der Waals surface area contributed by atoms with Crippen molar-refractivity contribution in [2.45, 2.75) is 117 Å². The fourth-order valence-corrected chi connectivity index (χ4v) is 9.75. The first kappa shape index (κ1) is 20.8. The standard InChI is InChI=1S/C27H46O2/c1-16(2)6-9-23-17(3)25-24(29-23)15-22-20-8-7-18-14-19(28)10-12-26(18,4)21(20)11-13-27(22,25)5/h16-25,28H,6-15H2,1-5H3/t17-,18+,19+,20-,21+,22+,23?,24+,25+,26+,27+/m1/s1. The largest absolute Gasteiger partial charge is 0.393 e. The highest BCUT2D eigenvalue weighted by Gasteiger charge is 2.65. The van der Waals surface area contributed by atoms with E-state index in [-0.39, 0.29) is 6.10 Å². The molecule has 0 bridgehead atoms. The summed E-state index contributed by atoms with van der Waals surface area (Å²) in [6, 6.07) is 0. The highest BCUT2D eigenvalue weighted by molar-refractivity contribution is 5.14. The summed E-state index contributed by atoms with van der Waals surface area (Å²) in [5.41, 5.74) is 1.00. The van der Waals surface area contributed by atoms with E-state index >= 15 is 0 Å². The van der Waals surface area contributed by atoms with E-state index in [0.29, 0.717) is 23.0 Å². The lowest BCUT2D eigenvalue weighted by Crippen LogP contribution is -2.54. The van der Waals surface area contributed by atoms with Crippen molar-refractivity contribution in [2.75, 3.05) is 0 Å². The van der Waals surface area contributed by atoms with E-state index in [4.69, 9.17) is 4.74 Å². The second-order valence-electron chi connectivity index (χ2n) is 12.9. The van der Waals surface area contributed by atoms with Crippen LogP contribution in [0, 0.1) is 52.3 Å². The molecule has 2 heteroatoms. The fourth-order valence-electron chi connectivity index (χ4n) is 9.75. The molecule has 1 heterocycles. The monoisotopic (exact) mass is 402 g/mol. The van der Waals surface area contributed by atoms with Gasteiger partial charge in [0.05, 0.1) is 18.3 Å². The van der Waals surface area contributed by atoms with E-state index in [2.05, 4.69) is 34.6 Å². The average molecular weight is 403 g/mol. The summed E-state index contributed by atoms with van der Waals surface area (Å²) in [6.07, 6.45) is 14.0. The molecule has 5 aliphatic rings. The number of aliphatic hydroxyl groups is 1. The highest BCUT2D eigenvalue weighted by atomic mass is 16.5. The van der Waals surface area contributed by atoms with Crippen LogP contribution in [0.15, 0.2) is 0 Å². The molecular weight excluding hydrogens is 356 g/mol. The van der Waals surface area contributed by atoms with Gasteiger partial charge in [0.1, 0.15) is 0 Å². The minimum absolute atomic E-state index is 0.0265. The Hall–Kier alpha value is -0.0800. The Morgan fingerprint density at radius 3 is 2.48 bits per heavy atom. The smallest absolute Gasteiger partial charge is 0.0618 e. The van der Waals surface area contributed by atoms with Gasteiger partial charge < -0.3 is 9.84 Å². The van der Waals surface area contributed by atoms with Crippen molar-refractivity contribution in [1.29, 1.82) is 0 Å². The first-order chi connectivity index (χ1) is 13.7. The molecule has 0 spiro atoms. The summed E-state index contributed by atoms with van der Waals surface area (Å²) in [5, 5.41) is 10.3. The van der Waals surface area contributed by atoms with E-state index in [9.17, 15) is 5.11 Å². The van der Waals surface area contributed by atoms with Crippen LogP contribution >= 0.6 is 0 Å². The molecule has 166 valence electrons. The second-order valence-corrected chi connectivity index (χ2v) is 12.9. The van der Waals surface area contributed by atoms with Gasteiger partial charge in [0, 0.05) is 0 Å². The van der Waals surface area contributed by atoms with E-state index in [1.165, 1.54) is 51.4 Å². The number of rotatable bonds is 3. The molecule has 1 unspecified atom stereocenters. The van der Waals surface area contributed by atoms with Gasteiger partial charge in [-0.1, -0.05) is 34.6 Å². The summed E-state index contributed by atoms with van der Waals surface area (Å²) in [6.45, 7) is 12.5. The highest BCUT2D eigenvalue weighted by Crippen LogP contribution is 2.70. The lowest BCUT2D eigenvalue weighted by atomic mass is 9.44. The van der Waals surface area contributed by atoms with Crippen molar-refractivity contribution in [3.05, 3.63) is 0 Å². The molecule has 0 aromatic rings. The van der Waals surface area contributed by atoms with Crippen LogP contribution in [0.1, 0.15) is 98.8 Å². The first-order valence-electron chi connectivity index (χ1n) is 13.1. The molecule has 0 aromatic carbocycles. The van der Waals surface area contributed by atoms with Gasteiger partial charge in [0.15, 0.2) is 0 Å². The van der Waals surface area contributed by atoms with Crippen molar-refractivity contribution < 1.29 is 9.84 Å². The van der Waals surface area contributed by atoms with Gasteiger partial charge in [-0.2, -0.15) is 0 Å². The third kappa shape index (κ3) is 3.09. The van der Waals surface area contributed by atoms with Crippen LogP contribution in [0.5, 0.6) is 0 Å². The zero-order chi connectivity index (χ0) is 20.6. The van der Waals surface area contributed by atoms with E-state index in [1.54, 1.807) is 0 Å². The first-order valence-corrected chi connectivity index (χ1v) is 13.1. The van der Waals surface area contributed by atoms with Crippen molar-refractivity contribution in [2.24, 2.45) is 52.3 Å². The van der Waals surface area contributed by atoms with Crippen LogP contribution in [0.4, 0.5) is 0 Å². The summed E-state index contributed by atoms with van der Waals surface area (Å²) in [7, 11) is 0. The van der Waals surface area contributed by atoms with Crippen LogP contribution in [-0.4, -0.2) is 23.4 Å². The lowest BCUT2D eigenvalue weighted by molar-refractivity contribution is -0.130. The van der Waals surface area contributed by atoms with Crippen LogP contribution in [0.3, 0.4) is 0 Å². The summed E-state index contributed by atoms with van der Waals surface area (Å²) < 4.78 is 6.80. The molecule has 0 amide bonds. The topological polar surface area (TPSA) is 29.5 Å². The Morgan fingerprint density at radius 2 is 1.72 bits per heavy atom. The maximum Gasteiger partial charge on any atom is 0.0618 e. The zero-order valence-corrected chi connectivity index (χ0v) is 19.7. The molecule has 5 rings (SSSR count). The predicted molar refractivity (Wildman–Crippen MR) is 119 cm³/mol. The van der Waals surface area contributed by atoms with Gasteiger partial charge in [-0.3, -0.25) is 0 Å². The molecule has 4 aliphatic carbocycles. The molecule has 1 saturated heterocycles. The molecule has 1 N–H and O–H groups in total. The van der Waals surface area contributed by atoms with Crippen LogP contribution in [0.25, 0.3) is 0 Å². The van der Waals surface area contributed by atoms with Gasteiger partial charge in [0.25, 0.3) is 0 Å². The van der Waals surface area contributed by atoms with Crippen LogP contribution < -0.4 is 0 Å². The summed E-state index contributed by atoms with van der Waals surface area (Å²) >= 11 is 0. The number of ether oxygens (including phenoxy) is 1. The quantitative estimate of drug-likeness (QED) is 0.587. The van der Waals surface area contributed by atoms with Gasteiger partial charge in [-0.05, 0) is 116 Å². The van der Waals surface area contributed by atoms with Crippen LogP contribution in [-0.2, 0) is 4.74 Å². The second kappa shape index (κ2) is 7.22. The molecule has 29 heavy (non-hydrogen) atoms. The molecule has 2 nitrogen and oxygen atoms in total. The van der Waals surface area contributed by atoms with Crippen LogP contribution in [0.2, 0.25) is 0 Å². The van der Waals surface area contributed by atoms with Crippen molar-refractivity contribution in [1.82, 2.24) is 0 Å². The molecule has 0 radical (unpaired) electrons. The summed E-state index contributed by atoms with van der Waals surface area (Å²) in [5.74, 6) is 5.79. The normalized spacial score (nSPS) is 56.6. The minimum Gasteiger partial charge on any atom is -0.393 e. The summed E-state index contributed by atoms with van der Waals surface area (Å²) in [4.78, 5) is 0. The lowest BCUT2D eigenvalue weighted by Gasteiger charge is -2.61. The molecular formula is C27H46O2. The van der Waals surface area contributed by atoms with Crippen molar-refractivity contribution in [3.8, 4) is 0 Å². The van der Waals surface area contributed by atoms with E-state index in [1.807, 2.05) is 0 Å². The minimum atomic E-state index is -0.0265. The van der Waals surface area contributed by atoms with Crippen molar-refractivity contribution in [3.63, 3.8) is 0 Å². The zero-order valence-electron chi connectivity index (χ0n) is 19.7. The average Bonchev–Trinajstić information content (AvgIpc) is 3.14. The van der Waals surface area contributed by atoms with Gasteiger partial charge >= 0.3 is 0 Å². The fraction of sp³-hybridized carbons (Fsp3) is 1.00. The molecule has 4 saturated carbocycles. The third-order valence-corrected chi connectivity index (χ3v) is 11.3. The van der Waals surface area contributed by atoms with Gasteiger partial charge in [-0.25, -0.2) is 0 Å². The molecule has 11 atom stereocenters. The Balaban J connectivity index is 1.35. The number of aliphatic hydroxyl groups excluding tert-OH is 1. The SMILES string of the molecule is CC(C)CCC1O[C@H]2C[C@H]3[C@@H]4CC[C@H]5C[C@@H](O)CC[C@]5(C)[C@H]4CC[C@]3(C)[C@H]2[C@@H]1C.